The summed E-state index contributed by atoms with van der Waals surface area (Å²) in [6, 6.07) is 4.18. The van der Waals surface area contributed by atoms with Gasteiger partial charge in [0.2, 0.25) is 0 Å². The maximum atomic E-state index is 13.4. The van der Waals surface area contributed by atoms with E-state index in [1.807, 2.05) is 0 Å². The highest BCUT2D eigenvalue weighted by atomic mass is 32.1. The van der Waals surface area contributed by atoms with Crippen molar-refractivity contribution in [3.8, 4) is 0 Å². The lowest BCUT2D eigenvalue weighted by Crippen LogP contribution is -2.50. The number of aliphatic hydroxyl groups excluding tert-OH is 1. The third kappa shape index (κ3) is 2.57. The summed E-state index contributed by atoms with van der Waals surface area (Å²) in [5.74, 6) is 2.19. The van der Waals surface area contributed by atoms with E-state index in [4.69, 9.17) is 0 Å². The van der Waals surface area contributed by atoms with Crippen LogP contribution in [0.1, 0.15) is 63.7 Å². The molecule has 3 fully saturated rings. The minimum Gasteiger partial charge on any atom is -0.393 e. The van der Waals surface area contributed by atoms with Crippen LogP contribution in [-0.4, -0.2) is 17.0 Å². The van der Waals surface area contributed by atoms with E-state index in [0.717, 1.165) is 44.1 Å². The van der Waals surface area contributed by atoms with Gasteiger partial charge in [-0.05, 0) is 91.2 Å². The van der Waals surface area contributed by atoms with E-state index in [9.17, 15) is 9.90 Å². The van der Waals surface area contributed by atoms with Crippen LogP contribution in [0.3, 0.4) is 0 Å². The van der Waals surface area contributed by atoms with E-state index < -0.39 is 0 Å². The fraction of sp³-hybridized carbons (Fsp3) is 0.625. The van der Waals surface area contributed by atoms with E-state index in [0.29, 0.717) is 23.5 Å². The first-order chi connectivity index (χ1) is 12.9. The van der Waals surface area contributed by atoms with Crippen LogP contribution >= 0.6 is 11.3 Å². The lowest BCUT2D eigenvalue weighted by Gasteiger charge is -2.56. The Morgan fingerprint density at radius 2 is 1.96 bits per heavy atom. The van der Waals surface area contributed by atoms with Crippen LogP contribution in [0.25, 0.3) is 6.08 Å². The zero-order valence-electron chi connectivity index (χ0n) is 16.4. The van der Waals surface area contributed by atoms with Crippen LogP contribution in [0.2, 0.25) is 0 Å². The molecule has 4 aliphatic carbocycles. The van der Waals surface area contributed by atoms with Crippen molar-refractivity contribution in [1.29, 1.82) is 0 Å². The summed E-state index contributed by atoms with van der Waals surface area (Å²) in [4.78, 5) is 14.6. The Kier molecular flexibility index (Phi) is 4.07. The molecule has 0 spiro atoms. The Bertz CT molecular complexity index is 819. The lowest BCUT2D eigenvalue weighted by molar-refractivity contribution is -0.130. The molecule has 0 bridgehead atoms. The highest BCUT2D eigenvalue weighted by Gasteiger charge is 2.59. The molecule has 0 aliphatic heterocycles. The molecule has 1 aromatic heterocycles. The molecule has 0 unspecified atom stereocenters. The molecule has 0 amide bonds. The average molecular weight is 383 g/mol. The fourth-order valence-corrected chi connectivity index (χ4v) is 7.67. The van der Waals surface area contributed by atoms with Gasteiger partial charge in [0.1, 0.15) is 0 Å². The summed E-state index contributed by atoms with van der Waals surface area (Å²) in [6.45, 7) is 4.70. The van der Waals surface area contributed by atoms with E-state index in [1.165, 1.54) is 16.9 Å². The Labute approximate surface area is 166 Å². The van der Waals surface area contributed by atoms with Gasteiger partial charge >= 0.3 is 0 Å². The molecular weight excluding hydrogens is 352 g/mol. The fourth-order valence-electron chi connectivity index (χ4n) is 6.99. The predicted molar refractivity (Wildman–Crippen MR) is 110 cm³/mol. The van der Waals surface area contributed by atoms with Crippen molar-refractivity contribution in [3.05, 3.63) is 39.6 Å². The van der Waals surface area contributed by atoms with Crippen molar-refractivity contribution in [2.24, 2.45) is 28.6 Å². The van der Waals surface area contributed by atoms with Gasteiger partial charge in [-0.3, -0.25) is 4.79 Å². The molecule has 4 aliphatic rings. The molecule has 0 saturated heterocycles. The van der Waals surface area contributed by atoms with Gasteiger partial charge in [0.05, 0.1) is 6.10 Å². The summed E-state index contributed by atoms with van der Waals surface area (Å²) >= 11 is 1.72. The highest BCUT2D eigenvalue weighted by molar-refractivity contribution is 7.10. The third-order valence-corrected chi connectivity index (χ3v) is 9.40. The van der Waals surface area contributed by atoms with Crippen molar-refractivity contribution < 1.29 is 9.90 Å². The largest absolute Gasteiger partial charge is 0.393 e. The monoisotopic (exact) mass is 382 g/mol. The highest BCUT2D eigenvalue weighted by Crippen LogP contribution is 2.64. The first-order valence-electron chi connectivity index (χ1n) is 10.6. The molecule has 3 saturated carbocycles. The number of hydrogen-bond acceptors (Lipinski definition) is 3. The Balaban J connectivity index is 1.49. The van der Waals surface area contributed by atoms with Crippen LogP contribution in [0.15, 0.2) is 34.7 Å². The van der Waals surface area contributed by atoms with Gasteiger partial charge in [-0.25, -0.2) is 0 Å². The van der Waals surface area contributed by atoms with Crippen LogP contribution in [0.5, 0.6) is 0 Å². The van der Waals surface area contributed by atoms with Gasteiger partial charge in [0.15, 0.2) is 5.78 Å². The number of ketones is 1. The Morgan fingerprint density at radius 1 is 1.15 bits per heavy atom. The summed E-state index contributed by atoms with van der Waals surface area (Å²) in [7, 11) is 0. The molecule has 0 radical (unpaired) electrons. The van der Waals surface area contributed by atoms with Gasteiger partial charge in [0.25, 0.3) is 0 Å². The molecule has 1 N–H and O–H groups in total. The van der Waals surface area contributed by atoms with Gasteiger partial charge in [0, 0.05) is 10.3 Å². The molecule has 0 aromatic carbocycles. The topological polar surface area (TPSA) is 37.3 Å². The maximum absolute atomic E-state index is 13.4. The normalized spacial score (nSPS) is 45.2. The number of Topliss-reactive ketones (excluding diaryl/α,β-unsaturated/α-hetero) is 1. The van der Waals surface area contributed by atoms with Gasteiger partial charge in [-0.15, -0.1) is 11.3 Å². The number of carbonyl (C=O) groups is 1. The van der Waals surface area contributed by atoms with Crippen molar-refractivity contribution in [2.45, 2.75) is 64.9 Å². The second-order valence-electron chi connectivity index (χ2n) is 9.83. The van der Waals surface area contributed by atoms with Crippen LogP contribution < -0.4 is 0 Å². The maximum Gasteiger partial charge on any atom is 0.165 e. The van der Waals surface area contributed by atoms with Crippen LogP contribution in [-0.2, 0) is 4.79 Å². The van der Waals surface area contributed by atoms with Crippen molar-refractivity contribution in [3.63, 3.8) is 0 Å². The lowest BCUT2D eigenvalue weighted by atomic mass is 9.48. The van der Waals surface area contributed by atoms with E-state index in [1.54, 1.807) is 11.3 Å². The summed E-state index contributed by atoms with van der Waals surface area (Å²) in [5.41, 5.74) is 2.64. The van der Waals surface area contributed by atoms with Crippen LogP contribution in [0, 0.1) is 28.6 Å². The summed E-state index contributed by atoms with van der Waals surface area (Å²) in [5, 5.41) is 12.2. The quantitative estimate of drug-likeness (QED) is 0.504. The summed E-state index contributed by atoms with van der Waals surface area (Å²) in [6.07, 6.45) is 11.6. The standard InChI is InChI=1S/C24H30O2S/c1-23-9-7-17(25)14-16(23)5-6-19-20(23)8-10-24(2)21(19)13-15(22(24)26)12-18-4-3-11-27-18/h3-5,11-12,17,19-21,25H,6-10,13-14H2,1-2H3/b15-12+/t17-,19+,20-,21+,23+,24+/m1/s1. The number of allylic oxidation sites excluding steroid dienone is 2. The first-order valence-corrected chi connectivity index (χ1v) is 11.5. The van der Waals surface area contributed by atoms with Crippen LogP contribution in [0.4, 0.5) is 0 Å². The number of hydrogen-bond donors (Lipinski definition) is 1. The second-order valence-corrected chi connectivity index (χ2v) is 10.8. The average Bonchev–Trinajstić information content (AvgIpc) is 3.24. The molecule has 144 valence electrons. The molecular formula is C24H30O2S. The number of fused-ring (bicyclic) bond motifs is 5. The predicted octanol–water partition coefficient (Wildman–Crippen LogP) is 5.63. The zero-order chi connectivity index (χ0) is 18.8. The number of rotatable bonds is 1. The number of carbonyl (C=O) groups excluding carboxylic acids is 1. The van der Waals surface area contributed by atoms with Crippen molar-refractivity contribution >= 4 is 23.2 Å². The molecule has 3 heteroatoms. The van der Waals surface area contributed by atoms with E-state index in [2.05, 4.69) is 43.5 Å². The Hall–Kier alpha value is -1.19. The number of aliphatic hydroxyl groups is 1. The van der Waals surface area contributed by atoms with E-state index >= 15 is 0 Å². The number of thiophene rings is 1. The summed E-state index contributed by atoms with van der Waals surface area (Å²) < 4.78 is 0. The molecule has 1 aromatic rings. The third-order valence-electron chi connectivity index (χ3n) is 8.58. The zero-order valence-corrected chi connectivity index (χ0v) is 17.2. The van der Waals surface area contributed by atoms with Gasteiger partial charge < -0.3 is 5.11 Å². The minimum atomic E-state index is -0.167. The van der Waals surface area contributed by atoms with Gasteiger partial charge in [-0.2, -0.15) is 0 Å². The molecule has 2 nitrogen and oxygen atoms in total. The molecule has 6 atom stereocenters. The smallest absolute Gasteiger partial charge is 0.165 e. The molecule has 27 heavy (non-hydrogen) atoms. The minimum absolute atomic E-state index is 0.150. The first kappa shape index (κ1) is 17.9. The SMILES string of the molecule is C[C@]12CC[C@@H](O)CC1=CC[C@H]1[C@H]2CC[C@]2(C)C(=O)/C(=C/c3cccs3)C[C@@H]12. The van der Waals surface area contributed by atoms with Crippen molar-refractivity contribution in [1.82, 2.24) is 0 Å². The second kappa shape index (κ2) is 6.15. The van der Waals surface area contributed by atoms with Crippen molar-refractivity contribution in [2.75, 3.05) is 0 Å². The molecule has 5 rings (SSSR count). The molecule has 1 heterocycles. The van der Waals surface area contributed by atoms with Gasteiger partial charge in [-0.1, -0.05) is 31.6 Å². The van der Waals surface area contributed by atoms with E-state index in [-0.39, 0.29) is 16.9 Å². The Morgan fingerprint density at radius 3 is 2.74 bits per heavy atom.